The van der Waals surface area contributed by atoms with Crippen molar-refractivity contribution in [2.45, 2.75) is 18.1 Å². The number of nitrogens with zero attached hydrogens (tertiary/aromatic N) is 2. The number of ether oxygens (including phenoxy) is 1. The number of amides is 1. The van der Waals surface area contributed by atoms with E-state index in [-0.39, 0.29) is 17.2 Å². The van der Waals surface area contributed by atoms with Crippen LogP contribution in [0.25, 0.3) is 10.9 Å². The third-order valence-corrected chi connectivity index (χ3v) is 5.63. The minimum atomic E-state index is -0.181. The van der Waals surface area contributed by atoms with Crippen LogP contribution in [0.15, 0.2) is 65.1 Å². The maximum Gasteiger partial charge on any atom is 0.262 e. The summed E-state index contributed by atoms with van der Waals surface area (Å²) >= 11 is 7.25. The van der Waals surface area contributed by atoms with Gasteiger partial charge in [-0.05, 0) is 42.3 Å². The van der Waals surface area contributed by atoms with Gasteiger partial charge in [0.05, 0.1) is 23.8 Å². The average Bonchev–Trinajstić information content (AvgIpc) is 2.75. The predicted molar refractivity (Wildman–Crippen MR) is 122 cm³/mol. The van der Waals surface area contributed by atoms with Crippen molar-refractivity contribution in [1.29, 1.82) is 0 Å². The zero-order chi connectivity index (χ0) is 21.5. The minimum absolute atomic E-state index is 0.126. The number of halogens is 1. The molecule has 0 aliphatic heterocycles. The summed E-state index contributed by atoms with van der Waals surface area (Å²) in [6, 6.07) is 12.7. The molecule has 0 atom stereocenters. The van der Waals surface area contributed by atoms with Crippen molar-refractivity contribution in [3.8, 4) is 5.75 Å². The summed E-state index contributed by atoms with van der Waals surface area (Å²) in [5, 5.41) is 4.34. The van der Waals surface area contributed by atoms with Crippen LogP contribution in [0.1, 0.15) is 5.56 Å². The van der Waals surface area contributed by atoms with Gasteiger partial charge in [0, 0.05) is 18.1 Å². The minimum Gasteiger partial charge on any atom is -0.497 e. The lowest BCUT2D eigenvalue weighted by Gasteiger charge is -2.12. The van der Waals surface area contributed by atoms with Crippen molar-refractivity contribution in [1.82, 2.24) is 14.9 Å². The van der Waals surface area contributed by atoms with E-state index in [1.807, 2.05) is 24.3 Å². The monoisotopic (exact) mass is 443 g/mol. The van der Waals surface area contributed by atoms with Crippen LogP contribution in [0.3, 0.4) is 0 Å². The van der Waals surface area contributed by atoms with E-state index in [0.29, 0.717) is 40.6 Å². The van der Waals surface area contributed by atoms with Crippen molar-refractivity contribution in [3.63, 3.8) is 0 Å². The van der Waals surface area contributed by atoms with Crippen molar-refractivity contribution >= 4 is 40.2 Å². The van der Waals surface area contributed by atoms with E-state index < -0.39 is 0 Å². The second-order valence-electron chi connectivity index (χ2n) is 6.50. The Kier molecular flexibility index (Phi) is 7.54. The first kappa shape index (κ1) is 21.9. The molecule has 3 rings (SSSR count). The molecule has 1 heterocycles. The van der Waals surface area contributed by atoms with Gasteiger partial charge in [-0.1, -0.05) is 41.6 Å². The highest BCUT2D eigenvalue weighted by molar-refractivity contribution is 7.99. The molecule has 6 nitrogen and oxygen atoms in total. The number of hydrogen-bond acceptors (Lipinski definition) is 5. The van der Waals surface area contributed by atoms with Crippen LogP contribution < -0.4 is 15.6 Å². The predicted octanol–water partition coefficient (Wildman–Crippen LogP) is 3.70. The number of nitrogens with one attached hydrogen (secondary N) is 1. The highest BCUT2D eigenvalue weighted by Crippen LogP contribution is 2.20. The number of carbonyl (C=O) groups excluding carboxylic acids is 1. The third-order valence-electron chi connectivity index (χ3n) is 4.42. The van der Waals surface area contributed by atoms with E-state index in [4.69, 9.17) is 16.3 Å². The molecule has 2 aromatic carbocycles. The van der Waals surface area contributed by atoms with Crippen LogP contribution in [0.4, 0.5) is 0 Å². The molecule has 0 bridgehead atoms. The second kappa shape index (κ2) is 10.3. The molecular formula is C22H22ClN3O3S. The zero-order valence-corrected chi connectivity index (χ0v) is 18.1. The Hall–Kier alpha value is -2.77. The summed E-state index contributed by atoms with van der Waals surface area (Å²) in [7, 11) is 1.63. The Balaban J connectivity index is 1.63. The number of thioether (sulfide) groups is 1. The zero-order valence-electron chi connectivity index (χ0n) is 16.6. The van der Waals surface area contributed by atoms with Gasteiger partial charge in [0.1, 0.15) is 5.75 Å². The Morgan fingerprint density at radius 3 is 2.77 bits per heavy atom. The number of fused-ring (bicyclic) bond motifs is 1. The van der Waals surface area contributed by atoms with Crippen molar-refractivity contribution in [2.75, 3.05) is 19.4 Å². The third kappa shape index (κ3) is 5.43. The lowest BCUT2D eigenvalue weighted by atomic mass is 10.1. The Morgan fingerprint density at radius 2 is 2.07 bits per heavy atom. The van der Waals surface area contributed by atoms with Gasteiger partial charge in [-0.15, -0.1) is 6.58 Å². The fraction of sp³-hybridized carbons (Fsp3) is 0.227. The lowest BCUT2D eigenvalue weighted by molar-refractivity contribution is -0.118. The van der Waals surface area contributed by atoms with Crippen LogP contribution >= 0.6 is 23.4 Å². The SMILES string of the molecule is C=CCn1c(SCC(=O)NCCc2ccc(OC)cc2)nc2cc(Cl)ccc2c1=O. The molecule has 0 spiro atoms. The summed E-state index contributed by atoms with van der Waals surface area (Å²) in [6.07, 6.45) is 2.35. The Labute approximate surface area is 183 Å². The van der Waals surface area contributed by atoms with E-state index in [2.05, 4.69) is 16.9 Å². The number of benzene rings is 2. The van der Waals surface area contributed by atoms with Gasteiger partial charge >= 0.3 is 0 Å². The number of aromatic nitrogens is 2. The van der Waals surface area contributed by atoms with Crippen LogP contribution in [0.5, 0.6) is 5.75 Å². The fourth-order valence-electron chi connectivity index (χ4n) is 2.89. The maximum atomic E-state index is 12.8. The van der Waals surface area contributed by atoms with Gasteiger partial charge in [-0.25, -0.2) is 4.98 Å². The Bertz CT molecular complexity index is 1110. The number of methoxy groups -OCH3 is 1. The quantitative estimate of drug-likeness (QED) is 0.310. The largest absolute Gasteiger partial charge is 0.497 e. The van der Waals surface area contributed by atoms with Crippen molar-refractivity contribution in [3.05, 3.63) is 76.1 Å². The summed E-state index contributed by atoms with van der Waals surface area (Å²) in [4.78, 5) is 29.6. The van der Waals surface area contributed by atoms with Gasteiger partial charge in [0.25, 0.3) is 5.56 Å². The maximum absolute atomic E-state index is 12.8. The second-order valence-corrected chi connectivity index (χ2v) is 7.88. The molecular weight excluding hydrogens is 422 g/mol. The van der Waals surface area contributed by atoms with Crippen LogP contribution in [-0.2, 0) is 17.8 Å². The number of hydrogen-bond donors (Lipinski definition) is 1. The van der Waals surface area contributed by atoms with E-state index in [1.165, 1.54) is 16.3 Å². The molecule has 1 N–H and O–H groups in total. The van der Waals surface area contributed by atoms with E-state index in [9.17, 15) is 9.59 Å². The molecule has 1 amide bonds. The fourth-order valence-corrected chi connectivity index (χ4v) is 3.90. The van der Waals surface area contributed by atoms with Gasteiger partial charge in [0.15, 0.2) is 5.16 Å². The molecule has 0 aliphatic carbocycles. The van der Waals surface area contributed by atoms with Crippen LogP contribution in [0.2, 0.25) is 5.02 Å². The molecule has 0 unspecified atom stereocenters. The molecule has 8 heteroatoms. The van der Waals surface area contributed by atoms with Crippen molar-refractivity contribution in [2.24, 2.45) is 0 Å². The van der Waals surface area contributed by atoms with Gasteiger partial charge in [-0.3, -0.25) is 14.2 Å². The summed E-state index contributed by atoms with van der Waals surface area (Å²) < 4.78 is 6.65. The number of allylic oxidation sites excluding steroid dienone is 1. The Morgan fingerprint density at radius 1 is 1.30 bits per heavy atom. The molecule has 0 aliphatic rings. The lowest BCUT2D eigenvalue weighted by Crippen LogP contribution is -2.28. The first-order valence-corrected chi connectivity index (χ1v) is 10.7. The first-order chi connectivity index (χ1) is 14.5. The van der Waals surface area contributed by atoms with Crippen LogP contribution in [-0.4, -0.2) is 34.9 Å². The number of rotatable bonds is 9. The molecule has 0 radical (unpaired) electrons. The van der Waals surface area contributed by atoms with Gasteiger partial charge in [0.2, 0.25) is 5.91 Å². The molecule has 0 saturated carbocycles. The van der Waals surface area contributed by atoms with Gasteiger partial charge in [-0.2, -0.15) is 0 Å². The number of carbonyl (C=O) groups is 1. The average molecular weight is 444 g/mol. The molecule has 0 saturated heterocycles. The molecule has 1 aromatic heterocycles. The topological polar surface area (TPSA) is 73.2 Å². The first-order valence-electron chi connectivity index (χ1n) is 9.35. The molecule has 3 aromatic rings. The molecule has 0 fully saturated rings. The van der Waals surface area contributed by atoms with E-state index in [0.717, 1.165) is 11.3 Å². The normalized spacial score (nSPS) is 10.7. The van der Waals surface area contributed by atoms with Crippen LogP contribution in [0, 0.1) is 0 Å². The molecule has 30 heavy (non-hydrogen) atoms. The molecule has 156 valence electrons. The summed E-state index contributed by atoms with van der Waals surface area (Å²) in [5.41, 5.74) is 1.44. The summed E-state index contributed by atoms with van der Waals surface area (Å²) in [6.45, 7) is 4.53. The standard InChI is InChI=1S/C22H22ClN3O3S/c1-3-12-26-21(28)18-9-6-16(23)13-19(18)25-22(26)30-14-20(27)24-11-10-15-4-7-17(29-2)8-5-15/h3-9,13H,1,10-12,14H2,2H3,(H,24,27). The smallest absolute Gasteiger partial charge is 0.262 e. The highest BCUT2D eigenvalue weighted by Gasteiger charge is 2.13. The van der Waals surface area contributed by atoms with Gasteiger partial charge < -0.3 is 10.1 Å². The highest BCUT2D eigenvalue weighted by atomic mass is 35.5. The van der Waals surface area contributed by atoms with E-state index in [1.54, 1.807) is 31.4 Å². The summed E-state index contributed by atoms with van der Waals surface area (Å²) in [5.74, 6) is 0.825. The van der Waals surface area contributed by atoms with E-state index >= 15 is 0 Å². The van der Waals surface area contributed by atoms with Crippen molar-refractivity contribution < 1.29 is 9.53 Å².